The minimum absolute atomic E-state index is 0.0130. The highest BCUT2D eigenvalue weighted by atomic mass is 16.5. The molecule has 9 heteroatoms. The number of rotatable bonds is 8. The molecule has 1 heterocycles. The summed E-state index contributed by atoms with van der Waals surface area (Å²) in [5.74, 6) is 0.363. The van der Waals surface area contributed by atoms with Gasteiger partial charge in [0.1, 0.15) is 11.4 Å². The minimum Gasteiger partial charge on any atom is -0.494 e. The van der Waals surface area contributed by atoms with Crippen LogP contribution in [-0.4, -0.2) is 33.9 Å². The van der Waals surface area contributed by atoms with Gasteiger partial charge in [-0.1, -0.05) is 19.1 Å². The Morgan fingerprint density at radius 1 is 1.40 bits per heavy atom. The summed E-state index contributed by atoms with van der Waals surface area (Å²) in [6.07, 6.45) is 2.52. The molecule has 0 saturated heterocycles. The first-order valence-corrected chi connectivity index (χ1v) is 7.81. The van der Waals surface area contributed by atoms with E-state index in [0.717, 1.165) is 17.7 Å². The van der Waals surface area contributed by atoms with Crippen LogP contribution in [0, 0.1) is 0 Å². The first-order chi connectivity index (χ1) is 12.1. The second-order valence-electron chi connectivity index (χ2n) is 5.17. The van der Waals surface area contributed by atoms with Crippen LogP contribution in [0.15, 0.2) is 39.0 Å². The normalized spacial score (nSPS) is 10.8. The lowest BCUT2D eigenvalue weighted by atomic mass is 10.2. The molecule has 0 fully saturated rings. The fraction of sp³-hybridized carbons (Fsp3) is 0.312. The molecule has 25 heavy (non-hydrogen) atoms. The van der Waals surface area contributed by atoms with E-state index in [2.05, 4.69) is 20.7 Å². The molecule has 2 rings (SSSR count). The average molecular weight is 345 g/mol. The molecule has 0 aliphatic rings. The van der Waals surface area contributed by atoms with E-state index in [4.69, 9.17) is 4.74 Å². The third kappa shape index (κ3) is 6.05. The van der Waals surface area contributed by atoms with Gasteiger partial charge >= 0.3 is 5.69 Å². The van der Waals surface area contributed by atoms with E-state index in [1.807, 2.05) is 36.2 Å². The van der Waals surface area contributed by atoms with Crippen molar-refractivity contribution in [2.24, 2.45) is 5.10 Å². The van der Waals surface area contributed by atoms with Crippen LogP contribution >= 0.6 is 0 Å². The Bertz CT molecular complexity index is 856. The molecule has 3 N–H and O–H groups in total. The van der Waals surface area contributed by atoms with Gasteiger partial charge in [-0.3, -0.25) is 14.6 Å². The van der Waals surface area contributed by atoms with Crippen molar-refractivity contribution in [3.05, 3.63) is 56.4 Å². The maximum absolute atomic E-state index is 11.7. The quantitative estimate of drug-likeness (QED) is 0.469. The van der Waals surface area contributed by atoms with Crippen LogP contribution in [0.4, 0.5) is 0 Å². The standard InChI is InChI=1S/C16H19N5O4/c1-2-8-25-12-5-3-4-11(9-12)10-17-20-14(22)7-6-13-15(23)18-16(24)21-19-13/h3-5,9-10H,2,6-8H2,1H3,(H,20,22)(H2,18,21,23,24)/b17-10+. The minimum atomic E-state index is -0.687. The van der Waals surface area contributed by atoms with Crippen molar-refractivity contribution in [1.82, 2.24) is 20.6 Å². The molecule has 9 nitrogen and oxygen atoms in total. The Hall–Kier alpha value is -3.23. The monoisotopic (exact) mass is 345 g/mol. The zero-order chi connectivity index (χ0) is 18.1. The predicted octanol–water partition coefficient (Wildman–Crippen LogP) is 0.330. The van der Waals surface area contributed by atoms with Crippen LogP contribution in [0.5, 0.6) is 5.75 Å². The smallest absolute Gasteiger partial charge is 0.342 e. The van der Waals surface area contributed by atoms with E-state index in [0.29, 0.717) is 6.61 Å². The van der Waals surface area contributed by atoms with Gasteiger partial charge in [-0.05, 0) is 24.1 Å². The molecule has 0 radical (unpaired) electrons. The van der Waals surface area contributed by atoms with Crippen molar-refractivity contribution in [2.45, 2.75) is 26.2 Å². The van der Waals surface area contributed by atoms with Gasteiger partial charge in [0.2, 0.25) is 5.91 Å². The van der Waals surface area contributed by atoms with Crippen LogP contribution in [0.2, 0.25) is 0 Å². The second kappa shape index (κ2) is 9.16. The molecule has 0 saturated carbocycles. The largest absolute Gasteiger partial charge is 0.494 e. The maximum Gasteiger partial charge on any atom is 0.342 e. The molecule has 0 spiro atoms. The number of aromatic amines is 2. The summed E-state index contributed by atoms with van der Waals surface area (Å²) >= 11 is 0. The van der Waals surface area contributed by atoms with E-state index in [1.54, 1.807) is 0 Å². The lowest BCUT2D eigenvalue weighted by molar-refractivity contribution is -0.121. The number of H-pyrrole nitrogens is 2. The summed E-state index contributed by atoms with van der Waals surface area (Å²) in [4.78, 5) is 36.1. The summed E-state index contributed by atoms with van der Waals surface area (Å²) in [6, 6.07) is 7.33. The van der Waals surface area contributed by atoms with E-state index in [1.165, 1.54) is 6.21 Å². The van der Waals surface area contributed by atoms with Gasteiger partial charge in [-0.2, -0.15) is 10.2 Å². The summed E-state index contributed by atoms with van der Waals surface area (Å²) < 4.78 is 5.52. The first-order valence-electron chi connectivity index (χ1n) is 7.81. The number of hydrazone groups is 1. The number of ether oxygens (including phenoxy) is 1. The predicted molar refractivity (Wildman–Crippen MR) is 91.8 cm³/mol. The maximum atomic E-state index is 11.7. The number of aromatic nitrogens is 3. The highest BCUT2D eigenvalue weighted by Crippen LogP contribution is 2.12. The second-order valence-corrected chi connectivity index (χ2v) is 5.17. The van der Waals surface area contributed by atoms with Gasteiger partial charge in [0.05, 0.1) is 12.8 Å². The van der Waals surface area contributed by atoms with Crippen LogP contribution < -0.4 is 21.4 Å². The van der Waals surface area contributed by atoms with Gasteiger partial charge in [-0.25, -0.2) is 15.3 Å². The van der Waals surface area contributed by atoms with E-state index in [9.17, 15) is 14.4 Å². The molecule has 1 amide bonds. The molecule has 1 aromatic heterocycles. The van der Waals surface area contributed by atoms with Crippen molar-refractivity contribution in [3.8, 4) is 5.75 Å². The number of carbonyl (C=O) groups is 1. The van der Waals surface area contributed by atoms with Gasteiger partial charge in [0, 0.05) is 12.8 Å². The number of benzene rings is 1. The number of hydrogen-bond donors (Lipinski definition) is 3. The Morgan fingerprint density at radius 2 is 2.24 bits per heavy atom. The first kappa shape index (κ1) is 18.1. The number of hydrogen-bond acceptors (Lipinski definition) is 6. The molecule has 0 aliphatic carbocycles. The molecule has 0 bridgehead atoms. The highest BCUT2D eigenvalue weighted by molar-refractivity contribution is 5.82. The molecule has 1 aromatic carbocycles. The van der Waals surface area contributed by atoms with Gasteiger partial charge in [-0.15, -0.1) is 0 Å². The lowest BCUT2D eigenvalue weighted by Crippen LogP contribution is -2.28. The van der Waals surface area contributed by atoms with Crippen molar-refractivity contribution in [2.75, 3.05) is 6.61 Å². The molecule has 0 atom stereocenters. The van der Waals surface area contributed by atoms with Crippen LogP contribution in [-0.2, 0) is 11.2 Å². The highest BCUT2D eigenvalue weighted by Gasteiger charge is 2.06. The summed E-state index contributed by atoms with van der Waals surface area (Å²) in [7, 11) is 0. The average Bonchev–Trinajstić information content (AvgIpc) is 2.59. The van der Waals surface area contributed by atoms with Crippen molar-refractivity contribution >= 4 is 12.1 Å². The Morgan fingerprint density at radius 3 is 3.00 bits per heavy atom. The van der Waals surface area contributed by atoms with Crippen LogP contribution in [0.1, 0.15) is 31.0 Å². The molecule has 0 aliphatic heterocycles. The number of nitrogens with one attached hydrogen (secondary N) is 3. The van der Waals surface area contributed by atoms with Gasteiger partial charge < -0.3 is 4.74 Å². The van der Waals surface area contributed by atoms with E-state index < -0.39 is 11.2 Å². The molecule has 132 valence electrons. The van der Waals surface area contributed by atoms with Gasteiger partial charge in [0.25, 0.3) is 5.56 Å². The number of amides is 1. The van der Waals surface area contributed by atoms with Crippen molar-refractivity contribution in [1.29, 1.82) is 0 Å². The summed E-state index contributed by atoms with van der Waals surface area (Å²) in [5, 5.41) is 9.58. The van der Waals surface area contributed by atoms with E-state index in [-0.39, 0.29) is 24.4 Å². The zero-order valence-corrected chi connectivity index (χ0v) is 13.7. The van der Waals surface area contributed by atoms with Crippen molar-refractivity contribution in [3.63, 3.8) is 0 Å². The fourth-order valence-corrected chi connectivity index (χ4v) is 1.91. The zero-order valence-electron chi connectivity index (χ0n) is 13.7. The van der Waals surface area contributed by atoms with Crippen LogP contribution in [0.25, 0.3) is 0 Å². The van der Waals surface area contributed by atoms with Crippen molar-refractivity contribution < 1.29 is 9.53 Å². The molecule has 0 unspecified atom stereocenters. The Balaban J connectivity index is 1.84. The number of nitrogens with zero attached hydrogens (tertiary/aromatic N) is 2. The summed E-state index contributed by atoms with van der Waals surface area (Å²) in [5.41, 5.74) is 1.95. The Labute approximate surface area is 143 Å². The van der Waals surface area contributed by atoms with E-state index >= 15 is 0 Å². The number of aryl methyl sites for hydroxylation is 1. The molecular weight excluding hydrogens is 326 g/mol. The molecule has 2 aromatic rings. The third-order valence-corrected chi connectivity index (χ3v) is 3.10. The van der Waals surface area contributed by atoms with Gasteiger partial charge in [0.15, 0.2) is 0 Å². The van der Waals surface area contributed by atoms with Crippen LogP contribution in [0.3, 0.4) is 0 Å². The fourth-order valence-electron chi connectivity index (χ4n) is 1.91. The Kier molecular flexibility index (Phi) is 6.64. The summed E-state index contributed by atoms with van der Waals surface area (Å²) in [6.45, 7) is 2.66. The topological polar surface area (TPSA) is 129 Å². The number of carbonyl (C=O) groups excluding carboxylic acids is 1. The SMILES string of the molecule is CCCOc1cccc(/C=N/NC(=O)CCc2n[nH]c(=O)[nH]c2=O)c1. The third-order valence-electron chi connectivity index (χ3n) is 3.10. The lowest BCUT2D eigenvalue weighted by Gasteiger charge is -2.04. The molecular formula is C16H19N5O4.